The number of carbonyl (C=O) groups excluding carboxylic acids is 4. The molecule has 2 aromatic carbocycles. The van der Waals surface area contributed by atoms with Gasteiger partial charge in [-0.2, -0.15) is 0 Å². The molecule has 162 valence electrons. The van der Waals surface area contributed by atoms with Crippen LogP contribution in [0, 0.1) is 13.8 Å². The number of benzene rings is 2. The summed E-state index contributed by atoms with van der Waals surface area (Å²) in [7, 11) is 0. The molecule has 0 aliphatic carbocycles. The highest BCUT2D eigenvalue weighted by atomic mass is 16.2. The van der Waals surface area contributed by atoms with Gasteiger partial charge in [0.2, 0.25) is 11.8 Å². The summed E-state index contributed by atoms with van der Waals surface area (Å²) >= 11 is 0. The Kier molecular flexibility index (Phi) is 4.58. The summed E-state index contributed by atoms with van der Waals surface area (Å²) in [6.45, 7) is 4.16. The minimum atomic E-state index is -0.664. The first-order chi connectivity index (χ1) is 15.3. The van der Waals surface area contributed by atoms with E-state index >= 15 is 0 Å². The third-order valence-corrected chi connectivity index (χ3v) is 6.31. The molecule has 8 heteroatoms. The van der Waals surface area contributed by atoms with Crippen molar-refractivity contribution >= 4 is 40.2 Å². The van der Waals surface area contributed by atoms with Crippen LogP contribution < -0.4 is 10.6 Å². The smallest absolute Gasteiger partial charge is 0.272 e. The molecule has 0 bridgehead atoms. The van der Waals surface area contributed by atoms with Crippen molar-refractivity contribution in [2.24, 2.45) is 0 Å². The summed E-state index contributed by atoms with van der Waals surface area (Å²) in [5.74, 6) is -1.26. The molecular formula is C24H22N4O4. The second-order valence-electron chi connectivity index (χ2n) is 8.35. The Morgan fingerprint density at radius 2 is 1.94 bits per heavy atom. The van der Waals surface area contributed by atoms with E-state index in [4.69, 9.17) is 0 Å². The number of fused-ring (bicyclic) bond motifs is 2. The molecular weight excluding hydrogens is 408 g/mol. The number of aromatic nitrogens is 1. The van der Waals surface area contributed by atoms with E-state index in [0.717, 1.165) is 27.6 Å². The lowest BCUT2D eigenvalue weighted by molar-refractivity contribution is -0.136. The Morgan fingerprint density at radius 1 is 1.12 bits per heavy atom. The Labute approximate surface area is 184 Å². The molecule has 32 heavy (non-hydrogen) atoms. The van der Waals surface area contributed by atoms with Crippen molar-refractivity contribution in [3.8, 4) is 0 Å². The number of aryl methyl sites for hydroxylation is 2. The predicted molar refractivity (Wildman–Crippen MR) is 118 cm³/mol. The summed E-state index contributed by atoms with van der Waals surface area (Å²) in [5.41, 5.74) is 5.19. The number of carbonyl (C=O) groups is 4. The summed E-state index contributed by atoms with van der Waals surface area (Å²) in [6.07, 6.45) is 0.522. The first kappa shape index (κ1) is 20.0. The van der Waals surface area contributed by atoms with Gasteiger partial charge in [0, 0.05) is 35.1 Å². The lowest BCUT2D eigenvalue weighted by Gasteiger charge is -2.29. The first-order valence-electron chi connectivity index (χ1n) is 10.5. The van der Waals surface area contributed by atoms with Gasteiger partial charge in [0.05, 0.1) is 0 Å². The number of rotatable bonds is 3. The van der Waals surface area contributed by atoms with Gasteiger partial charge >= 0.3 is 0 Å². The minimum Gasteiger partial charge on any atom is -0.350 e. The van der Waals surface area contributed by atoms with Gasteiger partial charge in [-0.25, -0.2) is 0 Å². The summed E-state index contributed by atoms with van der Waals surface area (Å²) < 4.78 is 0. The minimum absolute atomic E-state index is 0.209. The van der Waals surface area contributed by atoms with Crippen LogP contribution in [0.15, 0.2) is 36.4 Å². The highest BCUT2D eigenvalue weighted by Crippen LogP contribution is 2.30. The zero-order chi connectivity index (χ0) is 22.6. The number of anilines is 1. The highest BCUT2D eigenvalue weighted by molar-refractivity contribution is 6.09. The third kappa shape index (κ3) is 3.15. The van der Waals surface area contributed by atoms with Gasteiger partial charge in [0.25, 0.3) is 11.8 Å². The van der Waals surface area contributed by atoms with Gasteiger partial charge < -0.3 is 15.2 Å². The molecule has 1 saturated heterocycles. The standard InChI is InChI=1S/C24H22N4O4/c1-12-4-3-5-16-13(2)21(27-20(12)16)23(31)25-15-6-7-17-14(10-15)11-28(24(17)32)18-8-9-19(29)26-22(18)30/h3-7,10,18,27H,8-9,11H2,1-2H3,(H,25,31)(H,26,29,30). The maximum atomic E-state index is 13.0. The van der Waals surface area contributed by atoms with Crippen LogP contribution in [0.1, 0.15) is 50.4 Å². The van der Waals surface area contributed by atoms with Crippen molar-refractivity contribution in [3.05, 3.63) is 64.3 Å². The SMILES string of the molecule is Cc1c(C(=O)Nc2ccc3c(c2)CN(C2CCC(=O)NC2=O)C3=O)[nH]c2c(C)cccc12. The highest BCUT2D eigenvalue weighted by Gasteiger charge is 2.39. The second kappa shape index (κ2) is 7.33. The number of hydrogen-bond acceptors (Lipinski definition) is 4. The number of piperidine rings is 1. The fourth-order valence-corrected chi connectivity index (χ4v) is 4.57. The van der Waals surface area contributed by atoms with Gasteiger partial charge in [-0.05, 0) is 55.2 Å². The average Bonchev–Trinajstić information content (AvgIpc) is 3.26. The van der Waals surface area contributed by atoms with Crippen molar-refractivity contribution < 1.29 is 19.2 Å². The largest absolute Gasteiger partial charge is 0.350 e. The molecule has 3 N–H and O–H groups in total. The molecule has 2 aliphatic rings. The molecule has 8 nitrogen and oxygen atoms in total. The van der Waals surface area contributed by atoms with Crippen molar-refractivity contribution in [1.29, 1.82) is 0 Å². The van der Waals surface area contributed by atoms with Gasteiger partial charge in [-0.1, -0.05) is 18.2 Å². The molecule has 5 rings (SSSR count). The first-order valence-corrected chi connectivity index (χ1v) is 10.5. The number of imide groups is 1. The van der Waals surface area contributed by atoms with Crippen LogP contribution in [-0.2, 0) is 16.1 Å². The molecule has 0 saturated carbocycles. The van der Waals surface area contributed by atoms with Gasteiger partial charge in [-0.3, -0.25) is 24.5 Å². The van der Waals surface area contributed by atoms with E-state index in [0.29, 0.717) is 23.4 Å². The maximum absolute atomic E-state index is 13.0. The number of aromatic amines is 1. The van der Waals surface area contributed by atoms with Crippen molar-refractivity contribution in [3.63, 3.8) is 0 Å². The molecule has 0 radical (unpaired) electrons. The van der Waals surface area contributed by atoms with Crippen LogP contribution in [0.3, 0.4) is 0 Å². The van der Waals surface area contributed by atoms with Crippen LogP contribution in [0.2, 0.25) is 0 Å². The zero-order valence-electron chi connectivity index (χ0n) is 17.7. The summed E-state index contributed by atoms with van der Waals surface area (Å²) in [5, 5.41) is 6.22. The lowest BCUT2D eigenvalue weighted by Crippen LogP contribution is -2.52. The Bertz CT molecular complexity index is 1320. The predicted octanol–water partition coefficient (Wildman–Crippen LogP) is 2.80. The molecule has 2 aliphatic heterocycles. The fourth-order valence-electron chi connectivity index (χ4n) is 4.57. The van der Waals surface area contributed by atoms with Crippen molar-refractivity contribution in [1.82, 2.24) is 15.2 Å². The van der Waals surface area contributed by atoms with E-state index in [9.17, 15) is 19.2 Å². The quantitative estimate of drug-likeness (QED) is 0.555. The topological polar surface area (TPSA) is 111 Å². The molecule has 1 aromatic heterocycles. The number of para-hydroxylation sites is 1. The summed E-state index contributed by atoms with van der Waals surface area (Å²) in [6, 6.07) is 10.4. The van der Waals surface area contributed by atoms with Crippen molar-refractivity contribution in [2.75, 3.05) is 5.32 Å². The van der Waals surface area contributed by atoms with Crippen molar-refractivity contribution in [2.45, 2.75) is 39.3 Å². The monoisotopic (exact) mass is 430 g/mol. The number of nitrogens with zero attached hydrogens (tertiary/aromatic N) is 1. The van der Waals surface area contributed by atoms with Crippen LogP contribution in [0.25, 0.3) is 10.9 Å². The molecule has 3 aromatic rings. The number of amides is 4. The van der Waals surface area contributed by atoms with E-state index in [1.807, 2.05) is 32.0 Å². The van der Waals surface area contributed by atoms with E-state index in [-0.39, 0.29) is 30.7 Å². The Morgan fingerprint density at radius 3 is 2.69 bits per heavy atom. The molecule has 1 fully saturated rings. The van der Waals surface area contributed by atoms with Gasteiger partial charge in [0.15, 0.2) is 0 Å². The normalized spacial score (nSPS) is 18.1. The van der Waals surface area contributed by atoms with Crippen LogP contribution in [0.5, 0.6) is 0 Å². The Hall–Kier alpha value is -3.94. The lowest BCUT2D eigenvalue weighted by atomic mass is 10.0. The molecule has 3 heterocycles. The van der Waals surface area contributed by atoms with Gasteiger partial charge in [0.1, 0.15) is 11.7 Å². The average molecular weight is 430 g/mol. The maximum Gasteiger partial charge on any atom is 0.272 e. The molecule has 4 amide bonds. The van der Waals surface area contributed by atoms with Crippen LogP contribution >= 0.6 is 0 Å². The number of H-pyrrole nitrogens is 1. The molecule has 1 unspecified atom stereocenters. The number of nitrogens with one attached hydrogen (secondary N) is 3. The van der Waals surface area contributed by atoms with E-state index in [2.05, 4.69) is 15.6 Å². The zero-order valence-corrected chi connectivity index (χ0v) is 17.7. The van der Waals surface area contributed by atoms with E-state index in [1.165, 1.54) is 4.90 Å². The Balaban J connectivity index is 1.37. The van der Waals surface area contributed by atoms with E-state index < -0.39 is 11.9 Å². The molecule has 0 spiro atoms. The van der Waals surface area contributed by atoms with Crippen LogP contribution in [0.4, 0.5) is 5.69 Å². The van der Waals surface area contributed by atoms with Gasteiger partial charge in [-0.15, -0.1) is 0 Å². The summed E-state index contributed by atoms with van der Waals surface area (Å²) in [4.78, 5) is 54.1. The van der Waals surface area contributed by atoms with E-state index in [1.54, 1.807) is 18.2 Å². The number of hydrogen-bond donors (Lipinski definition) is 3. The van der Waals surface area contributed by atoms with Crippen LogP contribution in [-0.4, -0.2) is 39.6 Å². The molecule has 1 atom stereocenters. The second-order valence-corrected chi connectivity index (χ2v) is 8.35. The third-order valence-electron chi connectivity index (χ3n) is 6.31. The fraction of sp³-hybridized carbons (Fsp3) is 0.250.